The van der Waals surface area contributed by atoms with Crippen molar-refractivity contribution < 1.29 is 14.1 Å². The number of nitro benzene ring substituents is 1. The quantitative estimate of drug-likeness (QED) is 0.204. The number of rotatable bonds is 6. The van der Waals surface area contributed by atoms with Crippen molar-refractivity contribution in [2.24, 2.45) is 0 Å². The number of hydrogen-bond acceptors (Lipinski definition) is 7. The molecule has 0 saturated carbocycles. The summed E-state index contributed by atoms with van der Waals surface area (Å²) in [6, 6.07) is 23.7. The van der Waals surface area contributed by atoms with Gasteiger partial charge in [-0.2, -0.15) is 0 Å². The van der Waals surface area contributed by atoms with Gasteiger partial charge in [-0.15, -0.1) is 0 Å². The van der Waals surface area contributed by atoms with Crippen LogP contribution in [-0.4, -0.2) is 41.3 Å². The first-order valence-electron chi connectivity index (χ1n) is 12.4. The molecule has 0 aliphatic carbocycles. The maximum atomic E-state index is 11.3. The number of aromatic nitrogens is 1. The number of furan rings is 1. The number of thiocarbonyl (C=S) groups is 1. The molecule has 2 fully saturated rings. The lowest BCUT2D eigenvalue weighted by Gasteiger charge is -2.30. The van der Waals surface area contributed by atoms with Gasteiger partial charge in [0.2, 0.25) is 0 Å². The summed E-state index contributed by atoms with van der Waals surface area (Å²) in [5.41, 5.74) is 3.54. The van der Waals surface area contributed by atoms with Gasteiger partial charge < -0.3 is 24.3 Å². The van der Waals surface area contributed by atoms with E-state index < -0.39 is 4.92 Å². The number of morpholine rings is 1. The van der Waals surface area contributed by atoms with Crippen molar-refractivity contribution >= 4 is 34.4 Å². The zero-order valence-electron chi connectivity index (χ0n) is 20.4. The number of pyridine rings is 1. The Morgan fingerprint density at radius 3 is 2.50 bits per heavy atom. The van der Waals surface area contributed by atoms with Crippen LogP contribution in [0.5, 0.6) is 0 Å². The fraction of sp³-hybridized carbons (Fsp3) is 0.214. The van der Waals surface area contributed by atoms with Crippen LogP contribution in [-0.2, 0) is 4.74 Å². The molecule has 2 aliphatic rings. The molecule has 10 heteroatoms. The van der Waals surface area contributed by atoms with Crippen LogP contribution >= 0.6 is 12.2 Å². The summed E-state index contributed by atoms with van der Waals surface area (Å²) in [4.78, 5) is 19.8. The van der Waals surface area contributed by atoms with Crippen molar-refractivity contribution in [3.05, 3.63) is 107 Å². The van der Waals surface area contributed by atoms with E-state index in [1.807, 2.05) is 35.2 Å². The van der Waals surface area contributed by atoms with Crippen LogP contribution in [0.1, 0.15) is 23.5 Å². The third-order valence-electron chi connectivity index (χ3n) is 6.86. The second-order valence-corrected chi connectivity index (χ2v) is 9.51. The van der Waals surface area contributed by atoms with Crippen LogP contribution in [0.3, 0.4) is 0 Å². The van der Waals surface area contributed by atoms with Gasteiger partial charge in [-0.3, -0.25) is 15.1 Å². The zero-order valence-corrected chi connectivity index (χ0v) is 21.2. The van der Waals surface area contributed by atoms with Crippen molar-refractivity contribution in [3.8, 4) is 11.3 Å². The van der Waals surface area contributed by atoms with E-state index >= 15 is 0 Å². The van der Waals surface area contributed by atoms with Crippen molar-refractivity contribution in [2.75, 3.05) is 36.1 Å². The molecule has 192 valence electrons. The summed E-state index contributed by atoms with van der Waals surface area (Å²) in [6.45, 7) is 3.17. The minimum Gasteiger partial charge on any atom is -0.459 e. The SMILES string of the molecule is O=[N+]([O-])c1cccc(-c2ccc(C3C(c4ccccn4)NC(=S)N3c3ccc(N4CCOCC4)cc3)o2)c1. The first kappa shape index (κ1) is 24.1. The van der Waals surface area contributed by atoms with Gasteiger partial charge in [-0.1, -0.05) is 18.2 Å². The summed E-state index contributed by atoms with van der Waals surface area (Å²) in [5.74, 6) is 1.22. The minimum atomic E-state index is -0.411. The Labute approximate surface area is 224 Å². The smallest absolute Gasteiger partial charge is 0.270 e. The van der Waals surface area contributed by atoms with Gasteiger partial charge >= 0.3 is 0 Å². The van der Waals surface area contributed by atoms with Gasteiger partial charge in [0.25, 0.3) is 5.69 Å². The van der Waals surface area contributed by atoms with E-state index in [9.17, 15) is 10.1 Å². The Morgan fingerprint density at radius 2 is 1.76 bits per heavy atom. The standard InChI is InChI=1S/C28H25N5O4S/c34-33(35)22-5-3-4-19(18-22)24-11-12-25(37-24)27-26(23-6-1-2-13-29-23)30-28(38)32(27)21-9-7-20(8-10-21)31-14-16-36-17-15-31/h1-13,18,26-27H,14-17H2,(H,30,38). The highest BCUT2D eigenvalue weighted by molar-refractivity contribution is 7.80. The molecule has 2 aromatic carbocycles. The van der Waals surface area contributed by atoms with E-state index in [0.717, 1.165) is 43.4 Å². The number of nitrogens with one attached hydrogen (secondary N) is 1. The molecule has 0 bridgehead atoms. The highest BCUT2D eigenvalue weighted by Crippen LogP contribution is 2.43. The summed E-state index contributed by atoms with van der Waals surface area (Å²) >= 11 is 5.82. The lowest BCUT2D eigenvalue weighted by atomic mass is 10.0. The number of nitro groups is 1. The Morgan fingerprint density at radius 1 is 0.974 bits per heavy atom. The monoisotopic (exact) mass is 527 g/mol. The Hall–Kier alpha value is -4.28. The van der Waals surface area contributed by atoms with Crippen LogP contribution in [0.25, 0.3) is 11.3 Å². The number of ether oxygens (including phenoxy) is 1. The molecule has 0 amide bonds. The molecule has 1 N–H and O–H groups in total. The van der Waals surface area contributed by atoms with E-state index in [1.165, 1.54) is 12.1 Å². The maximum Gasteiger partial charge on any atom is 0.270 e. The van der Waals surface area contributed by atoms with Crippen molar-refractivity contribution in [1.29, 1.82) is 0 Å². The number of benzene rings is 2. The molecule has 9 nitrogen and oxygen atoms in total. The summed E-state index contributed by atoms with van der Waals surface area (Å²) in [7, 11) is 0. The molecular weight excluding hydrogens is 502 g/mol. The molecule has 2 aromatic heterocycles. The number of nitrogens with zero attached hydrogens (tertiary/aromatic N) is 4. The van der Waals surface area contributed by atoms with Crippen molar-refractivity contribution in [3.63, 3.8) is 0 Å². The van der Waals surface area contributed by atoms with Gasteiger partial charge in [0.1, 0.15) is 17.6 Å². The largest absolute Gasteiger partial charge is 0.459 e. The number of hydrogen-bond donors (Lipinski definition) is 1. The van der Waals surface area contributed by atoms with Crippen LogP contribution in [0.4, 0.5) is 17.1 Å². The highest BCUT2D eigenvalue weighted by Gasteiger charge is 2.42. The van der Waals surface area contributed by atoms with Crippen LogP contribution in [0.15, 0.2) is 89.5 Å². The Kier molecular flexibility index (Phi) is 6.48. The van der Waals surface area contributed by atoms with Crippen molar-refractivity contribution in [1.82, 2.24) is 10.3 Å². The van der Waals surface area contributed by atoms with Crippen molar-refractivity contribution in [2.45, 2.75) is 12.1 Å². The lowest BCUT2D eigenvalue weighted by Crippen LogP contribution is -2.36. The minimum absolute atomic E-state index is 0.0116. The van der Waals surface area contributed by atoms with Gasteiger partial charge in [0.05, 0.1) is 29.9 Å². The number of non-ortho nitro benzene ring substituents is 1. The molecule has 2 unspecified atom stereocenters. The maximum absolute atomic E-state index is 11.3. The molecule has 4 aromatic rings. The van der Waals surface area contributed by atoms with Gasteiger partial charge in [-0.05, 0) is 60.7 Å². The normalized spacial score (nSPS) is 19.4. The second kappa shape index (κ2) is 10.2. The average molecular weight is 528 g/mol. The molecule has 6 rings (SSSR count). The van der Waals surface area contributed by atoms with Crippen LogP contribution < -0.4 is 15.1 Å². The molecule has 38 heavy (non-hydrogen) atoms. The van der Waals surface area contributed by atoms with Crippen LogP contribution in [0.2, 0.25) is 0 Å². The molecule has 4 heterocycles. The highest BCUT2D eigenvalue weighted by atomic mass is 32.1. The topological polar surface area (TPSA) is 96.9 Å². The molecule has 0 radical (unpaired) electrons. The van der Waals surface area contributed by atoms with E-state index in [-0.39, 0.29) is 17.8 Å². The average Bonchev–Trinajstić information content (AvgIpc) is 3.59. The second-order valence-electron chi connectivity index (χ2n) is 9.12. The molecule has 2 aliphatic heterocycles. The third kappa shape index (κ3) is 4.59. The zero-order chi connectivity index (χ0) is 26.1. The van der Waals surface area contributed by atoms with Gasteiger partial charge in [-0.25, -0.2) is 0 Å². The third-order valence-corrected chi connectivity index (χ3v) is 7.18. The van der Waals surface area contributed by atoms with E-state index in [4.69, 9.17) is 21.4 Å². The predicted octanol–water partition coefficient (Wildman–Crippen LogP) is 5.26. The summed E-state index contributed by atoms with van der Waals surface area (Å²) in [6.07, 6.45) is 1.76. The summed E-state index contributed by atoms with van der Waals surface area (Å²) in [5, 5.41) is 15.3. The van der Waals surface area contributed by atoms with E-state index in [2.05, 4.69) is 39.5 Å². The Bertz CT molecular complexity index is 1450. The summed E-state index contributed by atoms with van der Waals surface area (Å²) < 4.78 is 11.8. The fourth-order valence-electron chi connectivity index (χ4n) is 5.01. The molecular formula is C28H25N5O4S. The lowest BCUT2D eigenvalue weighted by molar-refractivity contribution is -0.384. The molecule has 2 saturated heterocycles. The first-order valence-corrected chi connectivity index (χ1v) is 12.8. The molecule has 0 spiro atoms. The first-order chi connectivity index (χ1) is 18.6. The van der Waals surface area contributed by atoms with Gasteiger partial charge in [0.15, 0.2) is 5.11 Å². The van der Waals surface area contributed by atoms with Crippen LogP contribution in [0, 0.1) is 10.1 Å². The van der Waals surface area contributed by atoms with E-state index in [0.29, 0.717) is 22.2 Å². The Balaban J connectivity index is 1.37. The predicted molar refractivity (Wildman–Crippen MR) is 148 cm³/mol. The van der Waals surface area contributed by atoms with Gasteiger partial charge in [0, 0.05) is 48.4 Å². The number of anilines is 2. The molecule has 2 atom stereocenters. The van der Waals surface area contributed by atoms with E-state index in [1.54, 1.807) is 18.3 Å². The fourth-order valence-corrected chi connectivity index (χ4v) is 5.35.